The highest BCUT2D eigenvalue weighted by Gasteiger charge is 2.11. The highest BCUT2D eigenvalue weighted by atomic mass is 35.5. The minimum Gasteiger partial charge on any atom is -0.495 e. The van der Waals surface area contributed by atoms with Crippen molar-refractivity contribution in [2.45, 2.75) is 6.42 Å². The normalized spacial score (nSPS) is 10.3. The van der Waals surface area contributed by atoms with Crippen LogP contribution in [0.15, 0.2) is 30.5 Å². The third kappa shape index (κ3) is 5.24. The van der Waals surface area contributed by atoms with E-state index in [1.54, 1.807) is 51.8 Å². The van der Waals surface area contributed by atoms with Crippen LogP contribution in [0.1, 0.15) is 16.9 Å². The van der Waals surface area contributed by atoms with Crippen molar-refractivity contribution in [1.82, 2.24) is 10.3 Å². The number of nitrogens with zero attached hydrogens (tertiary/aromatic N) is 1. The Morgan fingerprint density at radius 2 is 1.92 bits per heavy atom. The van der Waals surface area contributed by atoms with E-state index < -0.39 is 0 Å². The van der Waals surface area contributed by atoms with Crippen molar-refractivity contribution in [2.75, 3.05) is 39.8 Å². The molecule has 0 saturated heterocycles. The van der Waals surface area contributed by atoms with E-state index in [1.807, 2.05) is 0 Å². The first-order valence-corrected chi connectivity index (χ1v) is 8.38. The Labute approximate surface area is 157 Å². The molecule has 1 aromatic carbocycles. The predicted molar refractivity (Wildman–Crippen MR) is 101 cm³/mol. The summed E-state index contributed by atoms with van der Waals surface area (Å²) in [6.07, 6.45) is 2.32. The predicted octanol–water partition coefficient (Wildman–Crippen LogP) is 3.26. The molecule has 1 heterocycles. The lowest BCUT2D eigenvalue weighted by atomic mass is 10.2. The molecule has 1 aromatic heterocycles. The molecular formula is C18H22ClN3O4. The number of benzene rings is 1. The SMILES string of the molecule is COCCCNC(=O)c1ccc(Nc2cc(OC)c(Cl)cc2OC)cn1. The molecule has 140 valence electrons. The van der Waals surface area contributed by atoms with E-state index in [0.29, 0.717) is 46.7 Å². The fourth-order valence-electron chi connectivity index (χ4n) is 2.22. The number of anilines is 2. The number of hydrogen-bond donors (Lipinski definition) is 2. The molecule has 0 aliphatic heterocycles. The van der Waals surface area contributed by atoms with Crippen LogP contribution in [0.25, 0.3) is 0 Å². The number of carbonyl (C=O) groups is 1. The molecule has 7 nitrogen and oxygen atoms in total. The molecular weight excluding hydrogens is 358 g/mol. The van der Waals surface area contributed by atoms with E-state index >= 15 is 0 Å². The van der Waals surface area contributed by atoms with Crippen LogP contribution in [-0.2, 0) is 4.74 Å². The van der Waals surface area contributed by atoms with Crippen LogP contribution in [0, 0.1) is 0 Å². The maximum absolute atomic E-state index is 12.0. The smallest absolute Gasteiger partial charge is 0.269 e. The third-order valence-electron chi connectivity index (χ3n) is 3.56. The molecule has 0 saturated carbocycles. The molecule has 1 amide bonds. The van der Waals surface area contributed by atoms with Crippen LogP contribution in [0.3, 0.4) is 0 Å². The largest absolute Gasteiger partial charge is 0.495 e. The number of carbonyl (C=O) groups excluding carboxylic acids is 1. The van der Waals surface area contributed by atoms with E-state index in [2.05, 4.69) is 15.6 Å². The topological polar surface area (TPSA) is 81.7 Å². The fraction of sp³-hybridized carbons (Fsp3) is 0.333. The molecule has 0 aliphatic carbocycles. The van der Waals surface area contributed by atoms with Gasteiger partial charge in [-0.3, -0.25) is 4.79 Å². The summed E-state index contributed by atoms with van der Waals surface area (Å²) >= 11 is 6.10. The van der Waals surface area contributed by atoms with Crippen molar-refractivity contribution in [3.63, 3.8) is 0 Å². The van der Waals surface area contributed by atoms with Gasteiger partial charge < -0.3 is 24.8 Å². The van der Waals surface area contributed by atoms with E-state index in [4.69, 9.17) is 25.8 Å². The lowest BCUT2D eigenvalue weighted by molar-refractivity contribution is 0.0943. The maximum atomic E-state index is 12.0. The van der Waals surface area contributed by atoms with Gasteiger partial charge in [0.25, 0.3) is 5.91 Å². The molecule has 8 heteroatoms. The van der Waals surface area contributed by atoms with Crippen molar-refractivity contribution in [3.8, 4) is 11.5 Å². The first-order valence-electron chi connectivity index (χ1n) is 8.00. The quantitative estimate of drug-likeness (QED) is 0.651. The molecule has 2 aromatic rings. The van der Waals surface area contributed by atoms with Crippen molar-refractivity contribution in [3.05, 3.63) is 41.2 Å². The fourth-order valence-corrected chi connectivity index (χ4v) is 2.46. The number of pyridine rings is 1. The van der Waals surface area contributed by atoms with Gasteiger partial charge in [0.2, 0.25) is 0 Å². The van der Waals surface area contributed by atoms with Gasteiger partial charge in [0, 0.05) is 32.4 Å². The van der Waals surface area contributed by atoms with Gasteiger partial charge in [0.1, 0.15) is 17.2 Å². The summed E-state index contributed by atoms with van der Waals surface area (Å²) in [4.78, 5) is 16.2. The second-order valence-corrected chi connectivity index (χ2v) is 5.75. The van der Waals surface area contributed by atoms with Gasteiger partial charge in [0.05, 0.1) is 36.8 Å². The van der Waals surface area contributed by atoms with Crippen molar-refractivity contribution in [2.24, 2.45) is 0 Å². The van der Waals surface area contributed by atoms with Crippen molar-refractivity contribution < 1.29 is 19.0 Å². The van der Waals surface area contributed by atoms with Gasteiger partial charge in [-0.15, -0.1) is 0 Å². The molecule has 0 atom stereocenters. The van der Waals surface area contributed by atoms with Gasteiger partial charge in [0.15, 0.2) is 0 Å². The van der Waals surface area contributed by atoms with Crippen LogP contribution < -0.4 is 20.1 Å². The van der Waals surface area contributed by atoms with Crippen molar-refractivity contribution >= 4 is 28.9 Å². The lowest BCUT2D eigenvalue weighted by Crippen LogP contribution is -2.26. The highest BCUT2D eigenvalue weighted by molar-refractivity contribution is 6.32. The van der Waals surface area contributed by atoms with Crippen LogP contribution in [0.5, 0.6) is 11.5 Å². The Hall–Kier alpha value is -2.51. The lowest BCUT2D eigenvalue weighted by Gasteiger charge is -2.14. The zero-order valence-corrected chi connectivity index (χ0v) is 15.7. The second-order valence-electron chi connectivity index (χ2n) is 5.35. The van der Waals surface area contributed by atoms with E-state index in [9.17, 15) is 4.79 Å². The van der Waals surface area contributed by atoms with Crippen LogP contribution in [0.4, 0.5) is 11.4 Å². The number of nitrogens with one attached hydrogen (secondary N) is 2. The van der Waals surface area contributed by atoms with Crippen LogP contribution in [0.2, 0.25) is 5.02 Å². The number of methoxy groups -OCH3 is 3. The summed E-state index contributed by atoms with van der Waals surface area (Å²) in [5.74, 6) is 0.865. The Kier molecular flexibility index (Phi) is 7.50. The number of aromatic nitrogens is 1. The zero-order chi connectivity index (χ0) is 18.9. The Balaban J connectivity index is 2.06. The summed E-state index contributed by atoms with van der Waals surface area (Å²) in [6.45, 7) is 1.14. The molecule has 0 radical (unpaired) electrons. The minimum atomic E-state index is -0.224. The average Bonchev–Trinajstić information content (AvgIpc) is 2.66. The number of rotatable bonds is 9. The number of amides is 1. The molecule has 0 bridgehead atoms. The van der Waals surface area contributed by atoms with E-state index in [0.717, 1.165) is 6.42 Å². The molecule has 2 rings (SSSR count). The maximum Gasteiger partial charge on any atom is 0.269 e. The summed E-state index contributed by atoms with van der Waals surface area (Å²) in [6, 6.07) is 6.81. The summed E-state index contributed by atoms with van der Waals surface area (Å²) in [7, 11) is 4.72. The number of ether oxygens (including phenoxy) is 3. The average molecular weight is 380 g/mol. The van der Waals surface area contributed by atoms with Crippen molar-refractivity contribution in [1.29, 1.82) is 0 Å². The number of halogens is 1. The van der Waals surface area contributed by atoms with Gasteiger partial charge in [-0.1, -0.05) is 11.6 Å². The van der Waals surface area contributed by atoms with E-state index in [1.165, 1.54) is 0 Å². The molecule has 0 spiro atoms. The Morgan fingerprint density at radius 1 is 1.15 bits per heavy atom. The summed E-state index contributed by atoms with van der Waals surface area (Å²) < 4.78 is 15.5. The van der Waals surface area contributed by atoms with Gasteiger partial charge in [-0.05, 0) is 18.6 Å². The molecule has 0 fully saturated rings. The van der Waals surface area contributed by atoms with Crippen LogP contribution >= 0.6 is 11.6 Å². The van der Waals surface area contributed by atoms with Gasteiger partial charge in [-0.2, -0.15) is 0 Å². The summed E-state index contributed by atoms with van der Waals surface area (Å²) in [5, 5.41) is 6.42. The zero-order valence-electron chi connectivity index (χ0n) is 15.0. The monoisotopic (exact) mass is 379 g/mol. The Morgan fingerprint density at radius 3 is 2.54 bits per heavy atom. The summed E-state index contributed by atoms with van der Waals surface area (Å²) in [5.41, 5.74) is 1.71. The van der Waals surface area contributed by atoms with E-state index in [-0.39, 0.29) is 5.91 Å². The molecule has 0 unspecified atom stereocenters. The molecule has 26 heavy (non-hydrogen) atoms. The highest BCUT2D eigenvalue weighted by Crippen LogP contribution is 2.37. The second kappa shape index (κ2) is 9.84. The van der Waals surface area contributed by atoms with Gasteiger partial charge in [-0.25, -0.2) is 4.98 Å². The standard InChI is InChI=1S/C18H22ClN3O4/c1-24-8-4-7-20-18(23)14-6-5-12(11-21-14)22-15-10-16(25-2)13(19)9-17(15)26-3/h5-6,9-11,22H,4,7-8H2,1-3H3,(H,20,23). The van der Waals surface area contributed by atoms with Crippen LogP contribution in [-0.4, -0.2) is 45.4 Å². The molecule has 2 N–H and O–H groups in total. The number of hydrogen-bond acceptors (Lipinski definition) is 6. The first kappa shape index (κ1) is 19.8. The third-order valence-corrected chi connectivity index (χ3v) is 3.86. The van der Waals surface area contributed by atoms with Gasteiger partial charge >= 0.3 is 0 Å². The molecule has 0 aliphatic rings. The minimum absolute atomic E-state index is 0.224. The Bertz CT molecular complexity index is 738. The first-order chi connectivity index (χ1) is 12.6.